The third-order valence-corrected chi connectivity index (χ3v) is 2.96. The van der Waals surface area contributed by atoms with Gasteiger partial charge < -0.3 is 9.26 Å². The van der Waals surface area contributed by atoms with Gasteiger partial charge in [-0.1, -0.05) is 17.3 Å². The van der Waals surface area contributed by atoms with Gasteiger partial charge in [0.25, 0.3) is 5.89 Å². The molecule has 0 saturated carbocycles. The lowest BCUT2D eigenvalue weighted by Gasteiger charge is -2.00. The number of halogens is 1. The van der Waals surface area contributed by atoms with Crippen LogP contribution in [-0.4, -0.2) is 16.7 Å². The van der Waals surface area contributed by atoms with Crippen molar-refractivity contribution >= 4 is 0 Å². The third kappa shape index (κ3) is 2.41. The summed E-state index contributed by atoms with van der Waals surface area (Å²) >= 11 is 0. The summed E-state index contributed by atoms with van der Waals surface area (Å²) in [7, 11) is 0. The molecule has 1 aliphatic rings. The fraction of sp³-hybridized carbons (Fsp3) is 0.385. The van der Waals surface area contributed by atoms with Gasteiger partial charge in [0.05, 0.1) is 0 Å². The summed E-state index contributed by atoms with van der Waals surface area (Å²) in [5.74, 6) is 0.906. The van der Waals surface area contributed by atoms with Crippen LogP contribution in [0, 0.1) is 5.82 Å². The fourth-order valence-corrected chi connectivity index (χ4v) is 2.03. The van der Waals surface area contributed by atoms with Gasteiger partial charge in [0.15, 0.2) is 5.82 Å². The van der Waals surface area contributed by atoms with Gasteiger partial charge in [-0.05, 0) is 30.5 Å². The van der Waals surface area contributed by atoms with Gasteiger partial charge in [-0.15, -0.1) is 0 Å². The van der Waals surface area contributed by atoms with E-state index in [0.717, 1.165) is 25.0 Å². The van der Waals surface area contributed by atoms with E-state index in [1.165, 1.54) is 12.1 Å². The smallest absolute Gasteiger partial charge is 0.255 e. The number of benzene rings is 1. The number of ether oxygens (including phenoxy) is 1. The normalized spacial score (nSPS) is 19.3. The molecule has 1 aromatic heterocycles. The molecule has 2 aromatic rings. The van der Waals surface area contributed by atoms with Crippen LogP contribution >= 0.6 is 0 Å². The van der Waals surface area contributed by atoms with Crippen molar-refractivity contribution in [2.45, 2.75) is 25.4 Å². The van der Waals surface area contributed by atoms with Crippen molar-refractivity contribution in [3.63, 3.8) is 0 Å². The molecule has 94 valence electrons. The molecule has 0 spiro atoms. The molecule has 1 atom stereocenters. The summed E-state index contributed by atoms with van der Waals surface area (Å²) < 4.78 is 23.4. The van der Waals surface area contributed by atoms with Crippen LogP contribution in [0.2, 0.25) is 0 Å². The minimum absolute atomic E-state index is 0.0560. The molecule has 5 heteroatoms. The minimum Gasteiger partial charge on any atom is -0.368 e. The van der Waals surface area contributed by atoms with Crippen LogP contribution in [-0.2, 0) is 11.2 Å². The van der Waals surface area contributed by atoms with E-state index in [1.807, 2.05) is 0 Å². The molecule has 4 nitrogen and oxygen atoms in total. The highest BCUT2D eigenvalue weighted by Crippen LogP contribution is 2.27. The SMILES string of the molecule is Fc1ccc(Cc2noc(C3CCCO3)n2)cc1. The second-order valence-corrected chi connectivity index (χ2v) is 4.35. The Labute approximate surface area is 104 Å². The van der Waals surface area contributed by atoms with Crippen LogP contribution in [0.1, 0.15) is 36.2 Å². The van der Waals surface area contributed by atoms with E-state index in [-0.39, 0.29) is 11.9 Å². The van der Waals surface area contributed by atoms with Crippen molar-refractivity contribution in [2.75, 3.05) is 6.61 Å². The highest BCUT2D eigenvalue weighted by molar-refractivity contribution is 5.19. The van der Waals surface area contributed by atoms with E-state index in [1.54, 1.807) is 12.1 Å². The molecule has 3 rings (SSSR count). The zero-order valence-corrected chi connectivity index (χ0v) is 9.80. The van der Waals surface area contributed by atoms with Crippen molar-refractivity contribution in [1.82, 2.24) is 10.1 Å². The van der Waals surface area contributed by atoms with Gasteiger partial charge >= 0.3 is 0 Å². The van der Waals surface area contributed by atoms with Crippen molar-refractivity contribution < 1.29 is 13.7 Å². The van der Waals surface area contributed by atoms with Crippen LogP contribution in [0.15, 0.2) is 28.8 Å². The molecule has 1 fully saturated rings. The van der Waals surface area contributed by atoms with Gasteiger partial charge in [0.2, 0.25) is 0 Å². The predicted molar refractivity (Wildman–Crippen MR) is 61.4 cm³/mol. The van der Waals surface area contributed by atoms with Crippen LogP contribution in [0.4, 0.5) is 4.39 Å². The van der Waals surface area contributed by atoms with Crippen LogP contribution in [0.25, 0.3) is 0 Å². The molecule has 1 aliphatic heterocycles. The van der Waals surface area contributed by atoms with Crippen molar-refractivity contribution in [3.8, 4) is 0 Å². The second-order valence-electron chi connectivity index (χ2n) is 4.35. The summed E-state index contributed by atoms with van der Waals surface area (Å²) in [6.45, 7) is 0.750. The minimum atomic E-state index is -0.244. The lowest BCUT2D eigenvalue weighted by Crippen LogP contribution is -1.97. The van der Waals surface area contributed by atoms with Gasteiger partial charge in [0.1, 0.15) is 11.9 Å². The van der Waals surface area contributed by atoms with Gasteiger partial charge in [-0.2, -0.15) is 4.98 Å². The summed E-state index contributed by atoms with van der Waals surface area (Å²) in [6, 6.07) is 6.29. The van der Waals surface area contributed by atoms with Crippen molar-refractivity contribution in [1.29, 1.82) is 0 Å². The number of nitrogens with zero attached hydrogens (tertiary/aromatic N) is 2. The quantitative estimate of drug-likeness (QED) is 0.837. The largest absolute Gasteiger partial charge is 0.368 e. The van der Waals surface area contributed by atoms with Crippen molar-refractivity contribution in [2.24, 2.45) is 0 Å². The zero-order valence-electron chi connectivity index (χ0n) is 9.80. The molecule has 1 aromatic carbocycles. The Bertz CT molecular complexity index is 518. The van der Waals surface area contributed by atoms with E-state index in [0.29, 0.717) is 18.1 Å². The Kier molecular flexibility index (Phi) is 3.06. The first kappa shape index (κ1) is 11.3. The Morgan fingerprint density at radius 3 is 2.83 bits per heavy atom. The lowest BCUT2D eigenvalue weighted by atomic mass is 10.1. The first-order valence-corrected chi connectivity index (χ1v) is 6.00. The van der Waals surface area contributed by atoms with Crippen molar-refractivity contribution in [3.05, 3.63) is 47.4 Å². The maximum Gasteiger partial charge on any atom is 0.255 e. The average molecular weight is 248 g/mol. The molecule has 0 aliphatic carbocycles. The van der Waals surface area contributed by atoms with Gasteiger partial charge in [0, 0.05) is 13.0 Å². The molecular formula is C13H13FN2O2. The summed E-state index contributed by atoms with van der Waals surface area (Å²) in [6.07, 6.45) is 2.44. The second kappa shape index (κ2) is 4.86. The molecule has 0 radical (unpaired) electrons. The molecular weight excluding hydrogens is 235 g/mol. The van der Waals surface area contributed by atoms with E-state index < -0.39 is 0 Å². The molecule has 18 heavy (non-hydrogen) atoms. The first-order chi connectivity index (χ1) is 8.81. The van der Waals surface area contributed by atoms with Gasteiger partial charge in [-0.25, -0.2) is 4.39 Å². The Balaban J connectivity index is 1.71. The van der Waals surface area contributed by atoms with E-state index >= 15 is 0 Å². The molecule has 1 saturated heterocycles. The number of hydrogen-bond donors (Lipinski definition) is 0. The van der Waals surface area contributed by atoms with Crippen LogP contribution < -0.4 is 0 Å². The molecule has 0 bridgehead atoms. The Morgan fingerprint density at radius 1 is 1.28 bits per heavy atom. The topological polar surface area (TPSA) is 48.2 Å². The molecule has 0 N–H and O–H groups in total. The number of hydrogen-bond acceptors (Lipinski definition) is 4. The van der Waals surface area contributed by atoms with E-state index in [2.05, 4.69) is 10.1 Å². The number of aromatic nitrogens is 2. The maximum atomic E-state index is 12.8. The van der Waals surface area contributed by atoms with E-state index in [4.69, 9.17) is 9.26 Å². The Morgan fingerprint density at radius 2 is 2.11 bits per heavy atom. The summed E-state index contributed by atoms with van der Waals surface area (Å²) in [5, 5.41) is 3.92. The average Bonchev–Trinajstić information content (AvgIpc) is 3.02. The monoisotopic (exact) mass is 248 g/mol. The highest BCUT2D eigenvalue weighted by atomic mass is 19.1. The highest BCUT2D eigenvalue weighted by Gasteiger charge is 2.23. The fourth-order valence-electron chi connectivity index (χ4n) is 2.03. The summed E-state index contributed by atoms with van der Waals surface area (Å²) in [5.41, 5.74) is 0.955. The summed E-state index contributed by atoms with van der Waals surface area (Å²) in [4.78, 5) is 4.31. The number of rotatable bonds is 3. The predicted octanol–water partition coefficient (Wildman–Crippen LogP) is 2.65. The zero-order chi connectivity index (χ0) is 12.4. The van der Waals surface area contributed by atoms with Crippen LogP contribution in [0.5, 0.6) is 0 Å². The molecule has 0 amide bonds. The standard InChI is InChI=1S/C13H13FN2O2/c14-10-5-3-9(4-6-10)8-12-15-13(18-16-12)11-2-1-7-17-11/h3-6,11H,1-2,7-8H2. The molecule has 1 unspecified atom stereocenters. The molecule has 2 heterocycles. The Hall–Kier alpha value is -1.75. The first-order valence-electron chi connectivity index (χ1n) is 6.00. The lowest BCUT2D eigenvalue weighted by molar-refractivity contribution is 0.0835. The third-order valence-electron chi connectivity index (χ3n) is 2.96. The van der Waals surface area contributed by atoms with E-state index in [9.17, 15) is 4.39 Å². The maximum absolute atomic E-state index is 12.8. The van der Waals surface area contributed by atoms with Gasteiger partial charge in [-0.3, -0.25) is 0 Å². The van der Waals surface area contributed by atoms with Crippen LogP contribution in [0.3, 0.4) is 0 Å².